The van der Waals surface area contributed by atoms with Gasteiger partial charge in [0, 0.05) is 19.5 Å². The van der Waals surface area contributed by atoms with Crippen molar-refractivity contribution in [3.05, 3.63) is 0 Å². The maximum Gasteiger partial charge on any atom is 0.222 e. The first-order chi connectivity index (χ1) is 6.74. The minimum absolute atomic E-state index is 0.188. The van der Waals surface area contributed by atoms with Crippen molar-refractivity contribution in [1.82, 2.24) is 4.90 Å². The van der Waals surface area contributed by atoms with Crippen LogP contribution in [-0.4, -0.2) is 46.8 Å². The van der Waals surface area contributed by atoms with E-state index in [1.54, 1.807) is 4.90 Å². The predicted octanol–water partition coefficient (Wildman–Crippen LogP) is 0.132. The molecule has 14 heavy (non-hydrogen) atoms. The van der Waals surface area contributed by atoms with E-state index in [1.165, 1.54) is 0 Å². The molecule has 1 saturated heterocycles. The number of aliphatic hydroxyl groups excluding tert-OH is 2. The van der Waals surface area contributed by atoms with Crippen LogP contribution in [-0.2, 0) is 4.79 Å². The lowest BCUT2D eigenvalue weighted by Gasteiger charge is -2.21. The number of nitrogens with zero attached hydrogens (tertiary/aromatic N) is 1. The second kappa shape index (κ2) is 5.98. The number of likely N-dealkylation sites (tertiary alicyclic amines) is 1. The predicted molar refractivity (Wildman–Crippen MR) is 52.8 cm³/mol. The van der Waals surface area contributed by atoms with Gasteiger partial charge >= 0.3 is 0 Å². The summed E-state index contributed by atoms with van der Waals surface area (Å²) in [5.41, 5.74) is 0. The molecule has 4 heteroatoms. The zero-order chi connectivity index (χ0) is 10.4. The highest BCUT2D eigenvalue weighted by Crippen LogP contribution is 2.11. The SMILES string of the molecule is O=C1CCCCCN1CCC(O)CO. The molecule has 0 saturated carbocycles. The molecule has 0 bridgehead atoms. The van der Waals surface area contributed by atoms with Gasteiger partial charge in [0.2, 0.25) is 5.91 Å². The second-order valence-corrected chi connectivity index (χ2v) is 3.82. The fourth-order valence-corrected chi connectivity index (χ4v) is 1.67. The minimum atomic E-state index is -0.689. The van der Waals surface area contributed by atoms with Crippen LogP contribution in [0, 0.1) is 0 Å². The lowest BCUT2D eigenvalue weighted by molar-refractivity contribution is -0.131. The Kier molecular flexibility index (Phi) is 4.90. The molecular formula is C10H19NO3. The Bertz CT molecular complexity index is 184. The Morgan fingerprint density at radius 1 is 1.36 bits per heavy atom. The van der Waals surface area contributed by atoms with E-state index in [0.717, 1.165) is 25.8 Å². The number of rotatable bonds is 4. The van der Waals surface area contributed by atoms with Crippen molar-refractivity contribution in [3.63, 3.8) is 0 Å². The lowest BCUT2D eigenvalue weighted by atomic mass is 10.2. The third-order valence-electron chi connectivity index (χ3n) is 2.61. The number of hydrogen-bond donors (Lipinski definition) is 2. The van der Waals surface area contributed by atoms with Gasteiger partial charge in [-0.15, -0.1) is 0 Å². The molecule has 82 valence electrons. The summed E-state index contributed by atoms with van der Waals surface area (Å²) in [6.07, 6.45) is 3.58. The molecule has 1 heterocycles. The highest BCUT2D eigenvalue weighted by molar-refractivity contribution is 5.76. The smallest absolute Gasteiger partial charge is 0.222 e. The summed E-state index contributed by atoms with van der Waals surface area (Å²) in [4.78, 5) is 13.3. The van der Waals surface area contributed by atoms with Crippen LogP contribution in [0.15, 0.2) is 0 Å². The van der Waals surface area contributed by atoms with E-state index >= 15 is 0 Å². The highest BCUT2D eigenvalue weighted by atomic mass is 16.3. The average molecular weight is 201 g/mol. The number of carbonyl (C=O) groups is 1. The number of aliphatic hydroxyl groups is 2. The van der Waals surface area contributed by atoms with E-state index in [2.05, 4.69) is 0 Å². The Balaban J connectivity index is 2.29. The van der Waals surface area contributed by atoms with E-state index in [4.69, 9.17) is 10.2 Å². The number of amides is 1. The van der Waals surface area contributed by atoms with Crippen LogP contribution in [0.25, 0.3) is 0 Å². The topological polar surface area (TPSA) is 60.8 Å². The van der Waals surface area contributed by atoms with Gasteiger partial charge in [0.1, 0.15) is 0 Å². The summed E-state index contributed by atoms with van der Waals surface area (Å²) in [6, 6.07) is 0. The summed E-state index contributed by atoms with van der Waals surface area (Å²) >= 11 is 0. The fourth-order valence-electron chi connectivity index (χ4n) is 1.67. The summed E-state index contributed by atoms with van der Waals surface area (Å²) in [6.45, 7) is 1.15. The Hall–Kier alpha value is -0.610. The first-order valence-electron chi connectivity index (χ1n) is 5.30. The Morgan fingerprint density at radius 3 is 2.86 bits per heavy atom. The maximum absolute atomic E-state index is 11.5. The van der Waals surface area contributed by atoms with Crippen LogP contribution in [0.1, 0.15) is 32.1 Å². The quantitative estimate of drug-likeness (QED) is 0.679. The van der Waals surface area contributed by atoms with Crippen molar-refractivity contribution in [2.75, 3.05) is 19.7 Å². The molecule has 1 unspecified atom stereocenters. The molecule has 0 aliphatic carbocycles. The van der Waals surface area contributed by atoms with Crippen molar-refractivity contribution in [2.24, 2.45) is 0 Å². The van der Waals surface area contributed by atoms with Crippen molar-refractivity contribution in [1.29, 1.82) is 0 Å². The first kappa shape index (κ1) is 11.5. The molecular weight excluding hydrogens is 182 g/mol. The van der Waals surface area contributed by atoms with Crippen LogP contribution in [0.5, 0.6) is 0 Å². The molecule has 0 aromatic heterocycles. The van der Waals surface area contributed by atoms with Gasteiger partial charge in [-0.1, -0.05) is 6.42 Å². The van der Waals surface area contributed by atoms with E-state index in [9.17, 15) is 4.79 Å². The molecule has 1 rings (SSSR count). The highest BCUT2D eigenvalue weighted by Gasteiger charge is 2.16. The third-order valence-corrected chi connectivity index (χ3v) is 2.61. The fraction of sp³-hybridized carbons (Fsp3) is 0.900. The molecule has 0 aromatic rings. The van der Waals surface area contributed by atoms with Gasteiger partial charge in [-0.05, 0) is 19.3 Å². The van der Waals surface area contributed by atoms with Gasteiger partial charge in [0.05, 0.1) is 12.7 Å². The van der Waals surface area contributed by atoms with Gasteiger partial charge in [-0.3, -0.25) is 4.79 Å². The molecule has 2 N–H and O–H groups in total. The van der Waals surface area contributed by atoms with Gasteiger partial charge < -0.3 is 15.1 Å². The first-order valence-corrected chi connectivity index (χ1v) is 5.30. The normalized spacial score (nSPS) is 20.7. The summed E-state index contributed by atoms with van der Waals surface area (Å²) < 4.78 is 0. The number of carbonyl (C=O) groups excluding carboxylic acids is 1. The maximum atomic E-state index is 11.5. The Morgan fingerprint density at radius 2 is 2.14 bits per heavy atom. The minimum Gasteiger partial charge on any atom is -0.394 e. The van der Waals surface area contributed by atoms with Crippen LogP contribution in [0.2, 0.25) is 0 Å². The second-order valence-electron chi connectivity index (χ2n) is 3.82. The summed E-state index contributed by atoms with van der Waals surface area (Å²) in [7, 11) is 0. The molecule has 1 aliphatic rings. The van der Waals surface area contributed by atoms with Gasteiger partial charge in [0.25, 0.3) is 0 Å². The number of hydrogen-bond acceptors (Lipinski definition) is 3. The molecule has 1 aliphatic heterocycles. The van der Waals surface area contributed by atoms with Gasteiger partial charge in [0.15, 0.2) is 0 Å². The monoisotopic (exact) mass is 201 g/mol. The summed E-state index contributed by atoms with van der Waals surface area (Å²) in [5.74, 6) is 0.188. The van der Waals surface area contributed by atoms with E-state index in [0.29, 0.717) is 19.4 Å². The van der Waals surface area contributed by atoms with Crippen molar-refractivity contribution in [3.8, 4) is 0 Å². The molecule has 1 amide bonds. The zero-order valence-corrected chi connectivity index (χ0v) is 8.48. The molecule has 0 aromatic carbocycles. The summed E-state index contributed by atoms with van der Waals surface area (Å²) in [5, 5.41) is 17.8. The van der Waals surface area contributed by atoms with Crippen molar-refractivity contribution < 1.29 is 15.0 Å². The van der Waals surface area contributed by atoms with Gasteiger partial charge in [-0.25, -0.2) is 0 Å². The molecule has 4 nitrogen and oxygen atoms in total. The third kappa shape index (κ3) is 3.64. The van der Waals surface area contributed by atoms with E-state index in [-0.39, 0.29) is 12.5 Å². The lowest BCUT2D eigenvalue weighted by Crippen LogP contribution is -2.33. The molecule has 1 atom stereocenters. The molecule has 1 fully saturated rings. The van der Waals surface area contributed by atoms with Crippen LogP contribution >= 0.6 is 0 Å². The van der Waals surface area contributed by atoms with Crippen LogP contribution in [0.4, 0.5) is 0 Å². The van der Waals surface area contributed by atoms with Crippen LogP contribution < -0.4 is 0 Å². The molecule has 0 radical (unpaired) electrons. The average Bonchev–Trinajstić information content (AvgIpc) is 2.39. The standard InChI is InChI=1S/C10H19NO3/c12-8-9(13)5-7-11-6-3-1-2-4-10(11)14/h9,12-13H,1-8H2. The van der Waals surface area contributed by atoms with Crippen LogP contribution in [0.3, 0.4) is 0 Å². The van der Waals surface area contributed by atoms with Crippen molar-refractivity contribution in [2.45, 2.75) is 38.2 Å². The van der Waals surface area contributed by atoms with Crippen molar-refractivity contribution >= 4 is 5.91 Å². The largest absolute Gasteiger partial charge is 0.394 e. The molecule has 0 spiro atoms. The van der Waals surface area contributed by atoms with E-state index < -0.39 is 6.10 Å². The van der Waals surface area contributed by atoms with E-state index in [1.807, 2.05) is 0 Å². The van der Waals surface area contributed by atoms with Gasteiger partial charge in [-0.2, -0.15) is 0 Å². The zero-order valence-electron chi connectivity index (χ0n) is 8.48. The Labute approximate surface area is 84.5 Å².